The van der Waals surface area contributed by atoms with Crippen molar-refractivity contribution >= 4 is 0 Å². The van der Waals surface area contributed by atoms with Crippen molar-refractivity contribution in [3.05, 3.63) is 42.2 Å². The van der Waals surface area contributed by atoms with Crippen LogP contribution in [-0.2, 0) is 13.1 Å². The van der Waals surface area contributed by atoms with Gasteiger partial charge in [0.2, 0.25) is 0 Å². The van der Waals surface area contributed by atoms with E-state index in [1.165, 1.54) is 0 Å². The molecule has 3 heteroatoms. The molecule has 0 fully saturated rings. The van der Waals surface area contributed by atoms with E-state index in [9.17, 15) is 0 Å². The Labute approximate surface area is 117 Å². The normalized spacial score (nSPS) is 11.5. The molecule has 0 aliphatic carbocycles. The summed E-state index contributed by atoms with van der Waals surface area (Å²) in [5.41, 5.74) is 2.23. The maximum atomic E-state index is 4.71. The number of nitrogens with zero attached hydrogens (tertiary/aromatic N) is 2. The summed E-state index contributed by atoms with van der Waals surface area (Å²) in [6, 6.07) is 7.24. The van der Waals surface area contributed by atoms with Crippen LogP contribution in [0.2, 0.25) is 0 Å². The van der Waals surface area contributed by atoms with Gasteiger partial charge < -0.3 is 5.32 Å². The minimum atomic E-state index is 0.485. The molecule has 0 atom stereocenters. The van der Waals surface area contributed by atoms with Crippen LogP contribution in [0.5, 0.6) is 0 Å². The van der Waals surface area contributed by atoms with Crippen LogP contribution in [-0.4, -0.2) is 28.5 Å². The molecule has 0 aliphatic rings. The van der Waals surface area contributed by atoms with Crippen molar-refractivity contribution in [1.29, 1.82) is 0 Å². The first-order valence-electron chi connectivity index (χ1n) is 7.06. The molecule has 0 aliphatic heterocycles. The second-order valence-corrected chi connectivity index (χ2v) is 5.47. The van der Waals surface area contributed by atoms with E-state index in [4.69, 9.17) is 4.98 Å². The molecule has 0 unspecified atom stereocenters. The van der Waals surface area contributed by atoms with Crippen molar-refractivity contribution in [3.63, 3.8) is 0 Å². The summed E-state index contributed by atoms with van der Waals surface area (Å²) in [6.07, 6.45) is 1.95. The Morgan fingerprint density at radius 1 is 1.26 bits per heavy atom. The van der Waals surface area contributed by atoms with Gasteiger partial charge in [0.15, 0.2) is 0 Å². The lowest BCUT2D eigenvalue weighted by Gasteiger charge is -2.24. The molecule has 1 aromatic rings. The predicted octanol–water partition coefficient (Wildman–Crippen LogP) is 2.98. The molecule has 0 bridgehead atoms. The summed E-state index contributed by atoms with van der Waals surface area (Å²) < 4.78 is 0. The molecule has 0 spiro atoms. The number of hydrogen-bond acceptors (Lipinski definition) is 3. The first-order chi connectivity index (χ1) is 9.02. The summed E-state index contributed by atoms with van der Waals surface area (Å²) in [4.78, 5) is 7.07. The molecular formula is C16H27N3. The molecule has 1 aromatic heterocycles. The fraction of sp³-hybridized carbons (Fsp3) is 0.562. The molecule has 106 valence electrons. The average Bonchev–Trinajstić information content (AvgIpc) is 2.36. The third-order valence-electron chi connectivity index (χ3n) is 3.01. The van der Waals surface area contributed by atoms with Gasteiger partial charge in [-0.1, -0.05) is 26.0 Å². The number of nitrogens with one attached hydrogen (secondary N) is 1. The summed E-state index contributed by atoms with van der Waals surface area (Å²) in [5, 5.41) is 3.40. The van der Waals surface area contributed by atoms with E-state index in [2.05, 4.69) is 62.7 Å². The molecule has 0 saturated carbocycles. The molecule has 1 heterocycles. The molecular weight excluding hydrogens is 234 g/mol. The maximum Gasteiger partial charge on any atom is 0.0548 e. The highest BCUT2D eigenvalue weighted by molar-refractivity contribution is 5.11. The summed E-state index contributed by atoms with van der Waals surface area (Å²) >= 11 is 0. The van der Waals surface area contributed by atoms with Crippen LogP contribution >= 0.6 is 0 Å². The Kier molecular flexibility index (Phi) is 6.74. The highest BCUT2D eigenvalue weighted by Gasteiger charge is 2.09. The monoisotopic (exact) mass is 261 g/mol. The van der Waals surface area contributed by atoms with E-state index >= 15 is 0 Å². The van der Waals surface area contributed by atoms with Crippen molar-refractivity contribution in [3.8, 4) is 0 Å². The largest absolute Gasteiger partial charge is 0.309 e. The Bertz CT molecular complexity index is 385. The molecule has 0 amide bonds. The third-order valence-corrected chi connectivity index (χ3v) is 3.01. The van der Waals surface area contributed by atoms with Crippen molar-refractivity contribution in [1.82, 2.24) is 15.2 Å². The topological polar surface area (TPSA) is 28.2 Å². The summed E-state index contributed by atoms with van der Waals surface area (Å²) in [6.45, 7) is 15.1. The summed E-state index contributed by atoms with van der Waals surface area (Å²) in [7, 11) is 0. The SMILES string of the molecule is C=CCN(Cc1cccc(CNC(C)C)n1)C(C)C. The molecule has 0 aromatic carbocycles. The maximum absolute atomic E-state index is 4.71. The van der Waals surface area contributed by atoms with Crippen molar-refractivity contribution in [2.75, 3.05) is 6.54 Å². The molecule has 3 nitrogen and oxygen atoms in total. The quantitative estimate of drug-likeness (QED) is 0.729. The van der Waals surface area contributed by atoms with Gasteiger partial charge in [0.25, 0.3) is 0 Å². The minimum absolute atomic E-state index is 0.485. The first-order valence-corrected chi connectivity index (χ1v) is 7.06. The lowest BCUT2D eigenvalue weighted by atomic mass is 10.2. The number of hydrogen-bond donors (Lipinski definition) is 1. The lowest BCUT2D eigenvalue weighted by Crippen LogP contribution is -2.31. The van der Waals surface area contributed by atoms with Gasteiger partial charge in [0.05, 0.1) is 11.4 Å². The van der Waals surface area contributed by atoms with Gasteiger partial charge in [-0.25, -0.2) is 0 Å². The van der Waals surface area contributed by atoms with Crippen LogP contribution in [0.1, 0.15) is 39.1 Å². The van der Waals surface area contributed by atoms with Gasteiger partial charge >= 0.3 is 0 Å². The molecule has 1 N–H and O–H groups in total. The van der Waals surface area contributed by atoms with Crippen LogP contribution in [0, 0.1) is 0 Å². The number of rotatable bonds is 8. The second kappa shape index (κ2) is 8.08. The van der Waals surface area contributed by atoms with E-state index in [1.54, 1.807) is 0 Å². The van der Waals surface area contributed by atoms with Crippen LogP contribution < -0.4 is 5.32 Å². The van der Waals surface area contributed by atoms with Gasteiger partial charge in [0.1, 0.15) is 0 Å². The average molecular weight is 261 g/mol. The Morgan fingerprint density at radius 2 is 1.95 bits per heavy atom. The fourth-order valence-electron chi connectivity index (χ4n) is 1.86. The zero-order valence-electron chi connectivity index (χ0n) is 12.7. The van der Waals surface area contributed by atoms with Gasteiger partial charge in [-0.2, -0.15) is 0 Å². The number of pyridine rings is 1. The van der Waals surface area contributed by atoms with Crippen LogP contribution in [0.4, 0.5) is 0 Å². The Balaban J connectivity index is 2.67. The van der Waals surface area contributed by atoms with E-state index in [0.29, 0.717) is 12.1 Å². The molecule has 1 rings (SSSR count). The second-order valence-electron chi connectivity index (χ2n) is 5.47. The Hall–Kier alpha value is -1.19. The lowest BCUT2D eigenvalue weighted by molar-refractivity contribution is 0.234. The Morgan fingerprint density at radius 3 is 2.53 bits per heavy atom. The van der Waals surface area contributed by atoms with Gasteiger partial charge in [-0.15, -0.1) is 6.58 Å². The highest BCUT2D eigenvalue weighted by atomic mass is 15.1. The smallest absolute Gasteiger partial charge is 0.0548 e. The van der Waals surface area contributed by atoms with E-state index in [1.807, 2.05) is 6.08 Å². The number of aromatic nitrogens is 1. The third kappa shape index (κ3) is 5.99. The zero-order chi connectivity index (χ0) is 14.3. The fourth-order valence-corrected chi connectivity index (χ4v) is 1.86. The molecule has 0 radical (unpaired) electrons. The molecule has 19 heavy (non-hydrogen) atoms. The van der Waals surface area contributed by atoms with Gasteiger partial charge in [-0.3, -0.25) is 9.88 Å². The van der Waals surface area contributed by atoms with Crippen LogP contribution in [0.25, 0.3) is 0 Å². The van der Waals surface area contributed by atoms with Crippen molar-refractivity contribution in [2.45, 2.75) is 52.9 Å². The predicted molar refractivity (Wildman–Crippen MR) is 82.0 cm³/mol. The minimum Gasteiger partial charge on any atom is -0.309 e. The standard InChI is InChI=1S/C16H27N3/c1-6-10-19(14(4)5)12-16-9-7-8-15(18-16)11-17-13(2)3/h6-9,13-14,17H,1,10-12H2,2-5H3. The van der Waals surface area contributed by atoms with E-state index < -0.39 is 0 Å². The zero-order valence-corrected chi connectivity index (χ0v) is 12.7. The van der Waals surface area contributed by atoms with E-state index in [0.717, 1.165) is 31.0 Å². The van der Waals surface area contributed by atoms with Gasteiger partial charge in [-0.05, 0) is 26.0 Å². The highest BCUT2D eigenvalue weighted by Crippen LogP contribution is 2.07. The van der Waals surface area contributed by atoms with Gasteiger partial charge in [0, 0.05) is 31.7 Å². The van der Waals surface area contributed by atoms with Crippen molar-refractivity contribution < 1.29 is 0 Å². The summed E-state index contributed by atoms with van der Waals surface area (Å²) in [5.74, 6) is 0. The van der Waals surface area contributed by atoms with Crippen molar-refractivity contribution in [2.24, 2.45) is 0 Å². The first kappa shape index (κ1) is 15.9. The van der Waals surface area contributed by atoms with E-state index in [-0.39, 0.29) is 0 Å². The molecule has 0 saturated heterocycles. The van der Waals surface area contributed by atoms with Crippen LogP contribution in [0.15, 0.2) is 30.9 Å². The van der Waals surface area contributed by atoms with Crippen LogP contribution in [0.3, 0.4) is 0 Å².